The lowest BCUT2D eigenvalue weighted by atomic mass is 9.99. The van der Waals surface area contributed by atoms with Gasteiger partial charge in [0.25, 0.3) is 0 Å². The second-order valence-electron chi connectivity index (χ2n) is 16.2. The fourth-order valence-electron chi connectivity index (χ4n) is 5.67. The summed E-state index contributed by atoms with van der Waals surface area (Å²) < 4.78 is 20.5. The Morgan fingerprint density at radius 1 is 0.580 bits per heavy atom. The predicted octanol–water partition coefficient (Wildman–Crippen LogP) is 6.46. The van der Waals surface area contributed by atoms with Crippen LogP contribution in [0.4, 0.5) is 0 Å². The Hall–Kier alpha value is -3.96. The van der Waals surface area contributed by atoms with E-state index in [1.807, 2.05) is 0 Å². The van der Waals surface area contributed by atoms with E-state index in [0.717, 1.165) is 0 Å². The van der Waals surface area contributed by atoms with Gasteiger partial charge in [-0.1, -0.05) is 18.2 Å². The largest absolute Gasteiger partial charge is 0.481 e. The van der Waals surface area contributed by atoms with Crippen molar-refractivity contribution in [3.63, 3.8) is 0 Å². The lowest BCUT2D eigenvalue weighted by molar-refractivity contribution is -0.163. The molecule has 0 heterocycles. The average Bonchev–Trinajstić information content (AvgIpc) is 3.85. The van der Waals surface area contributed by atoms with Gasteiger partial charge in [-0.15, -0.1) is 19.7 Å². The van der Waals surface area contributed by atoms with Gasteiger partial charge in [-0.05, 0) is 106 Å². The van der Waals surface area contributed by atoms with Crippen molar-refractivity contribution in [3.8, 4) is 0 Å². The molecule has 3 fully saturated rings. The first-order chi connectivity index (χ1) is 22.7. The minimum atomic E-state index is -0.968. The molecule has 0 aromatic carbocycles. The van der Waals surface area contributed by atoms with Gasteiger partial charge in [-0.2, -0.15) is 0 Å². The number of esters is 4. The van der Waals surface area contributed by atoms with Crippen LogP contribution in [0.3, 0.4) is 0 Å². The van der Waals surface area contributed by atoms with Crippen molar-refractivity contribution < 1.29 is 57.9 Å². The summed E-state index contributed by atoms with van der Waals surface area (Å²) in [6.45, 7) is 28.9. The van der Waals surface area contributed by atoms with E-state index in [-0.39, 0.29) is 49.0 Å². The first-order valence-electron chi connectivity index (χ1n) is 16.8. The molecular weight excluding hydrogens is 648 g/mol. The van der Waals surface area contributed by atoms with Gasteiger partial charge in [-0.25, -0.2) is 0 Å². The molecule has 0 aliphatic heterocycles. The SMILES string of the molecule is C=C[C@@H]1C[C@]1(CC(=O)OC(C)(C)C)C(=O)O.C=C[C@H]1C[C@@]1(CC(=O)OC(C)(C)C)C(=O)O.C=C[C@H]1C[C@@]1(CC(=O)OC(C)(C)C)C(=O)OCC. The predicted molar refractivity (Wildman–Crippen MR) is 186 cm³/mol. The lowest BCUT2D eigenvalue weighted by Gasteiger charge is -2.21. The third-order valence-electron chi connectivity index (χ3n) is 8.43. The maximum atomic E-state index is 11.9. The van der Waals surface area contributed by atoms with Crippen LogP contribution in [0, 0.1) is 34.0 Å². The number of carbonyl (C=O) groups excluding carboxylic acids is 4. The Bertz CT molecular complexity index is 1260. The highest BCUT2D eigenvalue weighted by atomic mass is 16.6. The summed E-state index contributed by atoms with van der Waals surface area (Å²) in [6, 6.07) is 0. The molecule has 3 aliphatic rings. The van der Waals surface area contributed by atoms with Crippen LogP contribution < -0.4 is 0 Å². The normalized spacial score (nSPS) is 27.6. The number of hydrogen-bond acceptors (Lipinski definition) is 10. The first-order valence-corrected chi connectivity index (χ1v) is 16.8. The number of aliphatic carboxylic acids is 2. The van der Waals surface area contributed by atoms with Crippen molar-refractivity contribution >= 4 is 35.8 Å². The molecule has 12 nitrogen and oxygen atoms in total. The molecule has 0 aromatic heterocycles. The minimum Gasteiger partial charge on any atom is -0.481 e. The zero-order valence-corrected chi connectivity index (χ0v) is 31.5. The Balaban J connectivity index is 0.000000376. The van der Waals surface area contributed by atoms with Crippen LogP contribution in [0.5, 0.6) is 0 Å². The molecule has 282 valence electrons. The summed E-state index contributed by atoms with van der Waals surface area (Å²) in [5, 5.41) is 18.2. The fraction of sp³-hybridized carbons (Fsp3) is 0.684. The number of allylic oxidation sites excluding steroid dienone is 3. The van der Waals surface area contributed by atoms with Crippen molar-refractivity contribution in [3.05, 3.63) is 38.0 Å². The van der Waals surface area contributed by atoms with Gasteiger partial charge < -0.3 is 29.2 Å². The van der Waals surface area contributed by atoms with E-state index in [2.05, 4.69) is 19.7 Å². The molecule has 2 N–H and O–H groups in total. The van der Waals surface area contributed by atoms with Gasteiger partial charge in [-0.3, -0.25) is 28.8 Å². The van der Waals surface area contributed by atoms with Crippen LogP contribution in [0.1, 0.15) is 108 Å². The summed E-state index contributed by atoms with van der Waals surface area (Å²) in [5.74, 6) is -3.69. The van der Waals surface area contributed by atoms with E-state index in [9.17, 15) is 28.8 Å². The molecular formula is C38H58O12. The van der Waals surface area contributed by atoms with Crippen LogP contribution in [0.25, 0.3) is 0 Å². The minimum absolute atomic E-state index is 0.0177. The van der Waals surface area contributed by atoms with Gasteiger partial charge in [0.2, 0.25) is 0 Å². The third-order valence-corrected chi connectivity index (χ3v) is 8.43. The number of rotatable bonds is 13. The van der Waals surface area contributed by atoms with Crippen molar-refractivity contribution in [2.45, 2.75) is 125 Å². The molecule has 3 aliphatic carbocycles. The Morgan fingerprint density at radius 2 is 0.840 bits per heavy atom. The summed E-state index contributed by atoms with van der Waals surface area (Å²) >= 11 is 0. The average molecular weight is 707 g/mol. The molecule has 12 heteroatoms. The Morgan fingerprint density at radius 3 is 1.04 bits per heavy atom. The Labute approximate surface area is 296 Å². The van der Waals surface area contributed by atoms with Crippen LogP contribution in [0.2, 0.25) is 0 Å². The quantitative estimate of drug-likeness (QED) is 0.121. The molecule has 0 unspecified atom stereocenters. The molecule has 6 atom stereocenters. The highest BCUT2D eigenvalue weighted by molar-refractivity contribution is 5.88. The molecule has 3 saturated carbocycles. The van der Waals surface area contributed by atoms with Gasteiger partial charge in [0.1, 0.15) is 16.8 Å². The van der Waals surface area contributed by atoms with E-state index < -0.39 is 56.9 Å². The van der Waals surface area contributed by atoms with Crippen molar-refractivity contribution in [2.24, 2.45) is 34.0 Å². The number of carboxylic acids is 2. The molecule has 0 aromatic rings. The van der Waals surface area contributed by atoms with Crippen LogP contribution in [-0.2, 0) is 47.7 Å². The Kier molecular flexibility index (Phi) is 14.4. The highest BCUT2D eigenvalue weighted by Crippen LogP contribution is 2.58. The summed E-state index contributed by atoms with van der Waals surface area (Å²) in [4.78, 5) is 69.1. The van der Waals surface area contributed by atoms with Crippen molar-refractivity contribution in [1.29, 1.82) is 0 Å². The van der Waals surface area contributed by atoms with E-state index in [4.69, 9.17) is 29.2 Å². The van der Waals surface area contributed by atoms with Crippen LogP contribution >= 0.6 is 0 Å². The smallest absolute Gasteiger partial charge is 0.313 e. The summed E-state index contributed by atoms with van der Waals surface area (Å²) in [7, 11) is 0. The topological polar surface area (TPSA) is 180 Å². The van der Waals surface area contributed by atoms with Gasteiger partial charge in [0.05, 0.1) is 42.1 Å². The molecule has 0 saturated heterocycles. The van der Waals surface area contributed by atoms with E-state index in [1.165, 1.54) is 0 Å². The maximum absolute atomic E-state index is 11.9. The number of carbonyl (C=O) groups is 6. The standard InChI is InChI=1S/C14H22O4.2C12H18O4/c1-6-10-8-14(10,12(16)17-7-2)9-11(15)18-13(3,4)5;2*1-5-8-6-12(8,10(14)15)7-9(13)16-11(2,3)4/h6,10H,1,7-9H2,2-5H3;2*5,8H,1,6-7H2,2-4H3,(H,14,15)/t10-,14-;2*8-,12-/m010/s1. The zero-order chi connectivity index (χ0) is 39.1. The molecule has 0 radical (unpaired) electrons. The third kappa shape index (κ3) is 12.7. The summed E-state index contributed by atoms with van der Waals surface area (Å²) in [5.41, 5.74) is -4.36. The first kappa shape index (κ1) is 44.1. The van der Waals surface area contributed by atoms with Crippen molar-refractivity contribution in [1.82, 2.24) is 0 Å². The number of hydrogen-bond donors (Lipinski definition) is 2. The molecule has 0 spiro atoms. The molecule has 50 heavy (non-hydrogen) atoms. The molecule has 3 rings (SSSR count). The second kappa shape index (κ2) is 16.4. The van der Waals surface area contributed by atoms with Crippen LogP contribution in [0.15, 0.2) is 38.0 Å². The van der Waals surface area contributed by atoms with Crippen molar-refractivity contribution in [2.75, 3.05) is 6.61 Å². The van der Waals surface area contributed by atoms with E-state index >= 15 is 0 Å². The second-order valence-corrected chi connectivity index (χ2v) is 16.2. The maximum Gasteiger partial charge on any atom is 0.313 e. The monoisotopic (exact) mass is 706 g/mol. The molecule has 0 amide bonds. The van der Waals surface area contributed by atoms with Gasteiger partial charge in [0, 0.05) is 0 Å². The molecule has 0 bridgehead atoms. The van der Waals surface area contributed by atoms with Gasteiger partial charge in [0.15, 0.2) is 0 Å². The summed E-state index contributed by atoms with van der Waals surface area (Å²) in [6.07, 6.45) is 6.40. The fourth-order valence-corrected chi connectivity index (χ4v) is 5.67. The van der Waals surface area contributed by atoms with Gasteiger partial charge >= 0.3 is 35.8 Å². The van der Waals surface area contributed by atoms with E-state index in [1.54, 1.807) is 87.5 Å². The highest BCUT2D eigenvalue weighted by Gasteiger charge is 2.62. The zero-order valence-electron chi connectivity index (χ0n) is 31.5. The van der Waals surface area contributed by atoms with Crippen LogP contribution in [-0.4, -0.2) is 69.4 Å². The lowest BCUT2D eigenvalue weighted by Crippen LogP contribution is -2.29. The number of carboxylic acid groups (broad SMARTS) is 2. The van der Waals surface area contributed by atoms with E-state index in [0.29, 0.717) is 25.9 Å². The number of ether oxygens (including phenoxy) is 4.